The number of phenolic OH excluding ortho intramolecular Hbond substituents is 1. The summed E-state index contributed by atoms with van der Waals surface area (Å²) in [6.45, 7) is 1.31. The van der Waals surface area contributed by atoms with Crippen molar-refractivity contribution in [1.29, 1.82) is 0 Å². The van der Waals surface area contributed by atoms with Gasteiger partial charge in [0.2, 0.25) is 9.84 Å². The predicted octanol–water partition coefficient (Wildman–Crippen LogP) is 0.112. The molecule has 1 heterocycles. The van der Waals surface area contributed by atoms with E-state index in [0.29, 0.717) is 13.2 Å². The molecule has 2 N–H and O–H groups in total. The maximum Gasteiger partial charge on any atom is 0.206 e. The molecule has 1 atom stereocenters. The summed E-state index contributed by atoms with van der Waals surface area (Å²) in [5.41, 5.74) is -0.872. The van der Waals surface area contributed by atoms with Gasteiger partial charge in [-0.05, 0) is 18.2 Å². The van der Waals surface area contributed by atoms with Gasteiger partial charge in [-0.15, -0.1) is 0 Å². The van der Waals surface area contributed by atoms with E-state index in [1.165, 1.54) is 24.3 Å². The van der Waals surface area contributed by atoms with Gasteiger partial charge in [0.05, 0.1) is 11.5 Å². The smallest absolute Gasteiger partial charge is 0.206 e. The zero-order chi connectivity index (χ0) is 11.6. The van der Waals surface area contributed by atoms with Gasteiger partial charge in [-0.3, -0.25) is 0 Å². The van der Waals surface area contributed by atoms with Crippen molar-refractivity contribution in [3.05, 3.63) is 24.3 Å². The number of morpholine rings is 1. The van der Waals surface area contributed by atoms with Crippen LogP contribution in [0.5, 0.6) is 5.75 Å². The fourth-order valence-electron chi connectivity index (χ4n) is 1.55. The van der Waals surface area contributed by atoms with Gasteiger partial charge in [0.25, 0.3) is 0 Å². The Bertz CT molecular complexity index is 465. The van der Waals surface area contributed by atoms with E-state index < -0.39 is 15.3 Å². The summed E-state index contributed by atoms with van der Waals surface area (Å²) in [4.78, 5) is 0.0844. The summed E-state index contributed by atoms with van der Waals surface area (Å²) in [6, 6.07) is 5.61. The molecule has 1 fully saturated rings. The molecule has 0 bridgehead atoms. The maximum atomic E-state index is 12.1. The molecule has 1 saturated heterocycles. The summed E-state index contributed by atoms with van der Waals surface area (Å²) in [5.74, 6) is -0.0650. The molecule has 1 unspecified atom stereocenters. The Morgan fingerprint density at radius 3 is 2.88 bits per heavy atom. The molecule has 0 amide bonds. The molecule has 1 aromatic rings. The van der Waals surface area contributed by atoms with Crippen molar-refractivity contribution in [2.75, 3.05) is 19.7 Å². The van der Waals surface area contributed by atoms with Crippen LogP contribution < -0.4 is 5.32 Å². The monoisotopic (exact) mass is 243 g/mol. The molecule has 0 saturated carbocycles. The van der Waals surface area contributed by atoms with E-state index in [1.807, 2.05) is 0 Å². The first-order valence-corrected chi connectivity index (χ1v) is 6.50. The Kier molecular flexibility index (Phi) is 3.13. The molecule has 0 aromatic heterocycles. The van der Waals surface area contributed by atoms with Crippen LogP contribution in [0.25, 0.3) is 0 Å². The van der Waals surface area contributed by atoms with Crippen LogP contribution in [-0.4, -0.2) is 38.7 Å². The number of aromatic hydroxyl groups is 1. The third-order valence-electron chi connectivity index (χ3n) is 2.39. The molecule has 0 radical (unpaired) electrons. The van der Waals surface area contributed by atoms with Crippen molar-refractivity contribution >= 4 is 9.84 Å². The largest absolute Gasteiger partial charge is 0.508 e. The number of hydrogen-bond acceptors (Lipinski definition) is 5. The summed E-state index contributed by atoms with van der Waals surface area (Å²) in [5, 5.41) is 12.2. The van der Waals surface area contributed by atoms with E-state index in [9.17, 15) is 13.5 Å². The highest BCUT2D eigenvalue weighted by atomic mass is 32.2. The second kappa shape index (κ2) is 4.40. The number of rotatable bonds is 2. The van der Waals surface area contributed by atoms with Crippen molar-refractivity contribution in [3.8, 4) is 5.75 Å². The molecule has 0 spiro atoms. The Balaban J connectivity index is 2.30. The van der Waals surface area contributed by atoms with Crippen LogP contribution in [0.4, 0.5) is 0 Å². The van der Waals surface area contributed by atoms with Crippen LogP contribution in [0.1, 0.15) is 0 Å². The van der Waals surface area contributed by atoms with Gasteiger partial charge < -0.3 is 15.2 Å². The zero-order valence-electron chi connectivity index (χ0n) is 8.59. The maximum absolute atomic E-state index is 12.1. The third-order valence-corrected chi connectivity index (χ3v) is 4.29. The van der Waals surface area contributed by atoms with Crippen molar-refractivity contribution in [1.82, 2.24) is 5.32 Å². The van der Waals surface area contributed by atoms with Gasteiger partial charge >= 0.3 is 0 Å². The standard InChI is InChI=1S/C10H13NO4S/c12-8-2-1-3-9(6-8)16(13,14)10-7-11-4-5-15-10/h1-3,6,10-12H,4-5,7H2. The van der Waals surface area contributed by atoms with E-state index in [0.717, 1.165) is 0 Å². The summed E-state index contributed by atoms with van der Waals surface area (Å²) in [7, 11) is -3.53. The molecule has 1 aliphatic rings. The summed E-state index contributed by atoms with van der Waals surface area (Å²) in [6.07, 6.45) is 0. The lowest BCUT2D eigenvalue weighted by Gasteiger charge is -2.23. The topological polar surface area (TPSA) is 75.6 Å². The van der Waals surface area contributed by atoms with E-state index in [4.69, 9.17) is 4.74 Å². The molecule has 5 nitrogen and oxygen atoms in total. The Labute approximate surface area is 94.0 Å². The van der Waals surface area contributed by atoms with Gasteiger partial charge in [0.1, 0.15) is 5.75 Å². The SMILES string of the molecule is O=S(=O)(c1cccc(O)c1)C1CNCCO1. The highest BCUT2D eigenvalue weighted by Crippen LogP contribution is 2.21. The van der Waals surface area contributed by atoms with E-state index in [-0.39, 0.29) is 17.2 Å². The van der Waals surface area contributed by atoms with Crippen molar-refractivity contribution in [3.63, 3.8) is 0 Å². The van der Waals surface area contributed by atoms with Gasteiger partial charge in [-0.25, -0.2) is 8.42 Å². The molecule has 0 aliphatic carbocycles. The quantitative estimate of drug-likeness (QED) is 0.771. The van der Waals surface area contributed by atoms with E-state index in [2.05, 4.69) is 5.32 Å². The van der Waals surface area contributed by atoms with Crippen molar-refractivity contribution < 1.29 is 18.3 Å². The lowest BCUT2D eigenvalue weighted by atomic mass is 10.3. The van der Waals surface area contributed by atoms with Gasteiger partial charge in [0, 0.05) is 13.1 Å². The molecular weight excluding hydrogens is 230 g/mol. The number of sulfone groups is 1. The normalized spacial score (nSPS) is 21.9. The predicted molar refractivity (Wildman–Crippen MR) is 57.9 cm³/mol. The van der Waals surface area contributed by atoms with Crippen LogP contribution in [0.3, 0.4) is 0 Å². The Morgan fingerprint density at radius 1 is 1.44 bits per heavy atom. The summed E-state index contributed by atoms with van der Waals surface area (Å²) >= 11 is 0. The minimum absolute atomic E-state index is 0.0650. The van der Waals surface area contributed by atoms with E-state index in [1.54, 1.807) is 0 Å². The highest BCUT2D eigenvalue weighted by molar-refractivity contribution is 7.92. The fraction of sp³-hybridized carbons (Fsp3) is 0.400. The lowest BCUT2D eigenvalue weighted by molar-refractivity contribution is 0.0785. The number of hydrogen-bond donors (Lipinski definition) is 2. The van der Waals surface area contributed by atoms with Crippen LogP contribution in [-0.2, 0) is 14.6 Å². The molecule has 6 heteroatoms. The van der Waals surface area contributed by atoms with Gasteiger partial charge in [-0.1, -0.05) is 6.07 Å². The average Bonchev–Trinajstić information content (AvgIpc) is 2.30. The van der Waals surface area contributed by atoms with Crippen LogP contribution in [0.15, 0.2) is 29.2 Å². The van der Waals surface area contributed by atoms with Gasteiger partial charge in [0.15, 0.2) is 5.44 Å². The first kappa shape index (κ1) is 11.4. The molecule has 1 aliphatic heterocycles. The first-order valence-electron chi connectivity index (χ1n) is 4.96. The Morgan fingerprint density at radius 2 is 2.25 bits per heavy atom. The third kappa shape index (κ3) is 2.18. The van der Waals surface area contributed by atoms with Crippen LogP contribution in [0, 0.1) is 0 Å². The minimum Gasteiger partial charge on any atom is -0.508 e. The number of nitrogens with one attached hydrogen (secondary N) is 1. The van der Waals surface area contributed by atoms with Crippen molar-refractivity contribution in [2.24, 2.45) is 0 Å². The number of phenols is 1. The highest BCUT2D eigenvalue weighted by Gasteiger charge is 2.29. The fourth-order valence-corrected chi connectivity index (χ4v) is 3.02. The van der Waals surface area contributed by atoms with Crippen LogP contribution in [0.2, 0.25) is 0 Å². The van der Waals surface area contributed by atoms with Crippen molar-refractivity contribution in [2.45, 2.75) is 10.3 Å². The second-order valence-corrected chi connectivity index (χ2v) is 5.63. The number of benzene rings is 1. The van der Waals surface area contributed by atoms with E-state index >= 15 is 0 Å². The molecule has 2 rings (SSSR count). The summed E-state index contributed by atoms with van der Waals surface area (Å²) < 4.78 is 29.3. The van der Waals surface area contributed by atoms with Crippen LogP contribution >= 0.6 is 0 Å². The minimum atomic E-state index is -3.53. The average molecular weight is 243 g/mol. The molecule has 88 valence electrons. The molecular formula is C10H13NO4S. The molecule has 1 aromatic carbocycles. The van der Waals surface area contributed by atoms with Gasteiger partial charge in [-0.2, -0.15) is 0 Å². The lowest BCUT2D eigenvalue weighted by Crippen LogP contribution is -2.42. The number of ether oxygens (including phenoxy) is 1. The second-order valence-electron chi connectivity index (χ2n) is 3.55. The zero-order valence-corrected chi connectivity index (χ0v) is 9.40. The Hall–Kier alpha value is -1.11. The molecule has 16 heavy (non-hydrogen) atoms. The first-order chi connectivity index (χ1) is 7.60.